The van der Waals surface area contributed by atoms with Gasteiger partial charge in [-0.3, -0.25) is 0 Å². The van der Waals surface area contributed by atoms with Crippen molar-refractivity contribution in [2.45, 2.75) is 32.8 Å². The second-order valence-electron chi connectivity index (χ2n) is 8.52. The van der Waals surface area contributed by atoms with Crippen molar-refractivity contribution >= 4 is 28.7 Å². The Hall–Kier alpha value is -3.33. The van der Waals surface area contributed by atoms with Gasteiger partial charge in [0.25, 0.3) is 0 Å². The summed E-state index contributed by atoms with van der Waals surface area (Å²) in [5.41, 5.74) is 2.63. The van der Waals surface area contributed by atoms with Gasteiger partial charge in [-0.05, 0) is 25.0 Å². The van der Waals surface area contributed by atoms with Gasteiger partial charge in [0.05, 0.1) is 11.8 Å². The Morgan fingerprint density at radius 2 is 2.19 bits per heavy atom. The van der Waals surface area contributed by atoms with Crippen LogP contribution in [0.5, 0.6) is 5.88 Å². The number of nitrogens with zero attached hydrogens (tertiary/aromatic N) is 4. The first kappa shape index (κ1) is 20.9. The van der Waals surface area contributed by atoms with E-state index in [1.54, 1.807) is 16.9 Å². The summed E-state index contributed by atoms with van der Waals surface area (Å²) in [7, 11) is 1.84. The molecule has 9 nitrogen and oxygen atoms in total. The molecule has 3 aromatic heterocycles. The molecule has 0 amide bonds. The minimum Gasteiger partial charge on any atom is -0.473 e. The number of aromatic nitrogens is 4. The Balaban J connectivity index is 1.63. The van der Waals surface area contributed by atoms with Crippen LogP contribution in [0.25, 0.3) is 11.3 Å². The van der Waals surface area contributed by atoms with E-state index in [2.05, 4.69) is 32.6 Å². The van der Waals surface area contributed by atoms with Crippen LogP contribution in [-0.4, -0.2) is 51.0 Å². The first-order chi connectivity index (χ1) is 14.9. The van der Waals surface area contributed by atoms with Crippen molar-refractivity contribution in [3.63, 3.8) is 0 Å². The summed E-state index contributed by atoms with van der Waals surface area (Å²) >= 11 is 0. The molecule has 0 aromatic carbocycles. The van der Waals surface area contributed by atoms with Crippen molar-refractivity contribution in [3.05, 3.63) is 42.7 Å². The normalized spacial score (nSPS) is 13.8. The number of pyridine rings is 1. The summed E-state index contributed by atoms with van der Waals surface area (Å²) in [6, 6.07) is 5.66. The van der Waals surface area contributed by atoms with Gasteiger partial charge in [-0.1, -0.05) is 20.4 Å². The summed E-state index contributed by atoms with van der Waals surface area (Å²) < 4.78 is 7.65. The maximum atomic E-state index is 9.50. The molecule has 4 rings (SSSR count). The van der Waals surface area contributed by atoms with Crippen molar-refractivity contribution in [1.82, 2.24) is 24.9 Å². The monoisotopic (exact) mass is 423 g/mol. The summed E-state index contributed by atoms with van der Waals surface area (Å²) in [6.07, 6.45) is 5.83. The van der Waals surface area contributed by atoms with Crippen molar-refractivity contribution in [1.29, 1.82) is 0 Å². The quantitative estimate of drug-likeness (QED) is 0.394. The average molecular weight is 424 g/mol. The lowest BCUT2D eigenvalue weighted by Crippen LogP contribution is -2.31. The molecule has 0 radical (unpaired) electrons. The molecular weight excluding hydrogens is 394 g/mol. The van der Waals surface area contributed by atoms with E-state index in [0.717, 1.165) is 29.9 Å². The second kappa shape index (κ2) is 8.43. The van der Waals surface area contributed by atoms with Crippen LogP contribution in [0.3, 0.4) is 0 Å². The lowest BCUT2D eigenvalue weighted by molar-refractivity contribution is 0.161. The highest BCUT2D eigenvalue weighted by molar-refractivity contribution is 5.76. The highest BCUT2D eigenvalue weighted by atomic mass is 16.5. The van der Waals surface area contributed by atoms with E-state index in [1.807, 2.05) is 39.1 Å². The maximum absolute atomic E-state index is 9.50. The third-order valence-corrected chi connectivity index (χ3v) is 5.10. The SMILES string of the molecule is C=C(NCC(C)(C)CO)c1cnn2c(NC)cc(Nc3cccnc3OC3CC3)nc12. The molecule has 1 fully saturated rings. The topological polar surface area (TPSA) is 109 Å². The van der Waals surface area contributed by atoms with Crippen LogP contribution in [-0.2, 0) is 0 Å². The van der Waals surface area contributed by atoms with Gasteiger partial charge in [-0.25, -0.2) is 9.97 Å². The van der Waals surface area contributed by atoms with E-state index >= 15 is 0 Å². The largest absolute Gasteiger partial charge is 0.473 e. The van der Waals surface area contributed by atoms with Crippen LogP contribution in [0.1, 0.15) is 32.3 Å². The van der Waals surface area contributed by atoms with Gasteiger partial charge in [0, 0.05) is 43.6 Å². The number of aliphatic hydroxyl groups excluding tert-OH is 1. The molecule has 0 spiro atoms. The van der Waals surface area contributed by atoms with Crippen LogP contribution >= 0.6 is 0 Å². The molecule has 31 heavy (non-hydrogen) atoms. The highest BCUT2D eigenvalue weighted by Crippen LogP contribution is 2.32. The number of rotatable bonds is 10. The molecule has 3 heterocycles. The molecule has 0 aliphatic heterocycles. The zero-order chi connectivity index (χ0) is 22.0. The van der Waals surface area contributed by atoms with Crippen molar-refractivity contribution < 1.29 is 9.84 Å². The fourth-order valence-electron chi connectivity index (χ4n) is 2.98. The summed E-state index contributed by atoms with van der Waals surface area (Å²) in [5.74, 6) is 1.98. The number of hydrogen-bond donors (Lipinski definition) is 4. The molecule has 1 saturated carbocycles. The van der Waals surface area contributed by atoms with Crippen LogP contribution in [0.15, 0.2) is 37.2 Å². The van der Waals surface area contributed by atoms with E-state index in [0.29, 0.717) is 29.6 Å². The number of hydrogen-bond acceptors (Lipinski definition) is 8. The van der Waals surface area contributed by atoms with Crippen LogP contribution in [0.4, 0.5) is 17.3 Å². The molecule has 164 valence electrons. The van der Waals surface area contributed by atoms with Crippen molar-refractivity contribution in [2.75, 3.05) is 30.8 Å². The van der Waals surface area contributed by atoms with E-state index in [1.165, 1.54) is 0 Å². The van der Waals surface area contributed by atoms with Gasteiger partial charge in [-0.2, -0.15) is 9.61 Å². The summed E-state index contributed by atoms with van der Waals surface area (Å²) in [6.45, 7) is 8.77. The Bertz CT molecular complexity index is 1090. The molecule has 4 N–H and O–H groups in total. The average Bonchev–Trinajstić information content (AvgIpc) is 3.48. The summed E-state index contributed by atoms with van der Waals surface area (Å²) in [5, 5.41) is 23.8. The predicted octanol–water partition coefficient (Wildman–Crippen LogP) is 3.03. The van der Waals surface area contributed by atoms with Crippen LogP contribution in [0.2, 0.25) is 0 Å². The lowest BCUT2D eigenvalue weighted by Gasteiger charge is -2.23. The smallest absolute Gasteiger partial charge is 0.238 e. The van der Waals surface area contributed by atoms with E-state index < -0.39 is 0 Å². The van der Waals surface area contributed by atoms with Gasteiger partial charge >= 0.3 is 0 Å². The minimum atomic E-state index is -0.263. The minimum absolute atomic E-state index is 0.0780. The van der Waals surface area contributed by atoms with Crippen molar-refractivity contribution in [3.8, 4) is 5.88 Å². The van der Waals surface area contributed by atoms with E-state index in [4.69, 9.17) is 9.72 Å². The first-order valence-electron chi connectivity index (χ1n) is 10.4. The van der Waals surface area contributed by atoms with Gasteiger partial charge in [0.2, 0.25) is 5.88 Å². The van der Waals surface area contributed by atoms with Gasteiger partial charge in [0.1, 0.15) is 23.4 Å². The fraction of sp³-hybridized carbons (Fsp3) is 0.409. The van der Waals surface area contributed by atoms with Gasteiger partial charge in [0.15, 0.2) is 5.65 Å². The number of anilines is 3. The molecule has 0 unspecified atom stereocenters. The van der Waals surface area contributed by atoms with E-state index in [9.17, 15) is 5.11 Å². The third-order valence-electron chi connectivity index (χ3n) is 5.10. The predicted molar refractivity (Wildman–Crippen MR) is 122 cm³/mol. The number of fused-ring (bicyclic) bond motifs is 1. The van der Waals surface area contributed by atoms with Gasteiger partial charge in [-0.15, -0.1) is 0 Å². The zero-order valence-corrected chi connectivity index (χ0v) is 18.1. The standard InChI is InChI=1S/C22H29N7O2/c1-14(25-12-22(2,3)13-30)16-11-26-29-19(23-4)10-18(28-20(16)29)27-17-6-5-9-24-21(17)31-15-7-8-15/h5-6,9-11,15,23,25,30H,1,7-8,12-13H2,2-4H3,(H,27,28). The first-order valence-corrected chi connectivity index (χ1v) is 10.4. The van der Waals surface area contributed by atoms with Crippen molar-refractivity contribution in [2.24, 2.45) is 5.41 Å². The molecule has 3 aromatic rings. The summed E-state index contributed by atoms with van der Waals surface area (Å²) in [4.78, 5) is 9.14. The Morgan fingerprint density at radius 1 is 1.39 bits per heavy atom. The second-order valence-corrected chi connectivity index (χ2v) is 8.52. The number of nitrogens with one attached hydrogen (secondary N) is 3. The molecule has 0 atom stereocenters. The Morgan fingerprint density at radius 3 is 2.90 bits per heavy atom. The van der Waals surface area contributed by atoms with E-state index in [-0.39, 0.29) is 18.1 Å². The molecule has 0 saturated heterocycles. The molecular formula is C22H29N7O2. The molecule has 1 aliphatic rings. The molecule has 0 bridgehead atoms. The number of aliphatic hydroxyl groups is 1. The highest BCUT2D eigenvalue weighted by Gasteiger charge is 2.25. The Kier molecular flexibility index (Phi) is 5.69. The third kappa shape index (κ3) is 4.72. The fourth-order valence-corrected chi connectivity index (χ4v) is 2.98. The zero-order valence-electron chi connectivity index (χ0n) is 18.1. The van der Waals surface area contributed by atoms with Crippen LogP contribution < -0.4 is 20.7 Å². The number of ether oxygens (including phenoxy) is 1. The van der Waals surface area contributed by atoms with Crippen LogP contribution in [0, 0.1) is 5.41 Å². The maximum Gasteiger partial charge on any atom is 0.238 e. The Labute approximate surface area is 181 Å². The van der Waals surface area contributed by atoms with Gasteiger partial charge < -0.3 is 25.8 Å². The molecule has 1 aliphatic carbocycles. The molecule has 9 heteroatoms. The lowest BCUT2D eigenvalue weighted by atomic mass is 9.95.